The van der Waals surface area contributed by atoms with Crippen molar-refractivity contribution in [2.24, 2.45) is 0 Å². The van der Waals surface area contributed by atoms with Crippen LogP contribution in [-0.4, -0.2) is 32.7 Å². The molecule has 1 heterocycles. The minimum Gasteiger partial charge on any atom is -0.347 e. The van der Waals surface area contributed by atoms with Crippen LogP contribution in [0.5, 0.6) is 0 Å². The summed E-state index contributed by atoms with van der Waals surface area (Å²) in [7, 11) is 0. The fraction of sp³-hybridized carbons (Fsp3) is 0.190. The summed E-state index contributed by atoms with van der Waals surface area (Å²) in [6.45, 7) is 4.04. The Balaban J connectivity index is 1.55. The number of nitrogens with one attached hydrogen (secondary N) is 3. The zero-order chi connectivity index (χ0) is 22.4. The van der Waals surface area contributed by atoms with Gasteiger partial charge in [-0.25, -0.2) is 9.48 Å². The molecule has 10 heteroatoms. The fourth-order valence-corrected chi connectivity index (χ4v) is 2.72. The molecule has 0 spiro atoms. The van der Waals surface area contributed by atoms with Crippen molar-refractivity contribution in [3.05, 3.63) is 82.2 Å². The number of nitro benzene ring substituents is 1. The highest BCUT2D eigenvalue weighted by molar-refractivity contribution is 5.92. The SMILES string of the molecule is CC(C)NC(=O)Nc1ccc(CNC(=O)c2ccn(-c3ccc([N+](=O)[O-])cc3)n2)cc1. The maximum absolute atomic E-state index is 12.4. The van der Waals surface area contributed by atoms with E-state index < -0.39 is 4.92 Å². The van der Waals surface area contributed by atoms with Crippen LogP contribution in [-0.2, 0) is 6.54 Å². The van der Waals surface area contributed by atoms with Gasteiger partial charge in [0.25, 0.3) is 11.6 Å². The van der Waals surface area contributed by atoms with Gasteiger partial charge < -0.3 is 16.0 Å². The lowest BCUT2D eigenvalue weighted by molar-refractivity contribution is -0.384. The molecular weight excluding hydrogens is 400 g/mol. The van der Waals surface area contributed by atoms with Gasteiger partial charge in [0, 0.05) is 36.6 Å². The first-order valence-electron chi connectivity index (χ1n) is 9.57. The molecule has 31 heavy (non-hydrogen) atoms. The molecule has 0 unspecified atom stereocenters. The van der Waals surface area contributed by atoms with E-state index in [1.54, 1.807) is 48.7 Å². The van der Waals surface area contributed by atoms with Crippen LogP contribution in [0.2, 0.25) is 0 Å². The summed E-state index contributed by atoms with van der Waals surface area (Å²) in [6, 6.07) is 14.3. The molecule has 3 N–H and O–H groups in total. The van der Waals surface area contributed by atoms with Gasteiger partial charge in [0.05, 0.1) is 10.6 Å². The summed E-state index contributed by atoms with van der Waals surface area (Å²) in [6.07, 6.45) is 1.61. The van der Waals surface area contributed by atoms with Crippen LogP contribution in [0, 0.1) is 10.1 Å². The maximum Gasteiger partial charge on any atom is 0.319 e. The molecule has 160 valence electrons. The van der Waals surface area contributed by atoms with Gasteiger partial charge >= 0.3 is 6.03 Å². The van der Waals surface area contributed by atoms with Crippen LogP contribution < -0.4 is 16.0 Å². The number of nitrogens with zero attached hydrogens (tertiary/aromatic N) is 3. The Morgan fingerprint density at radius 3 is 2.35 bits per heavy atom. The molecule has 0 fully saturated rings. The van der Waals surface area contributed by atoms with E-state index in [4.69, 9.17) is 0 Å². The van der Waals surface area contributed by atoms with Gasteiger partial charge in [0.1, 0.15) is 0 Å². The van der Waals surface area contributed by atoms with Crippen molar-refractivity contribution in [1.82, 2.24) is 20.4 Å². The molecular formula is C21H22N6O4. The predicted octanol–water partition coefficient (Wildman–Crippen LogP) is 3.24. The number of urea groups is 1. The lowest BCUT2D eigenvalue weighted by Gasteiger charge is -2.10. The molecule has 2 aromatic carbocycles. The first kappa shape index (κ1) is 21.5. The van der Waals surface area contributed by atoms with Crippen molar-refractivity contribution in [2.75, 3.05) is 5.32 Å². The summed E-state index contributed by atoms with van der Waals surface area (Å²) in [4.78, 5) is 34.4. The number of rotatable bonds is 7. The number of carbonyl (C=O) groups is 2. The molecule has 3 rings (SSSR count). The number of amides is 3. The molecule has 1 aromatic heterocycles. The van der Waals surface area contributed by atoms with E-state index in [-0.39, 0.29) is 29.4 Å². The maximum atomic E-state index is 12.4. The number of aromatic nitrogens is 2. The van der Waals surface area contributed by atoms with Gasteiger partial charge in [-0.2, -0.15) is 5.10 Å². The van der Waals surface area contributed by atoms with Crippen LogP contribution in [0.3, 0.4) is 0 Å². The number of anilines is 1. The third-order valence-corrected chi connectivity index (χ3v) is 4.23. The van der Waals surface area contributed by atoms with E-state index in [1.807, 2.05) is 13.8 Å². The van der Waals surface area contributed by atoms with Crippen molar-refractivity contribution in [1.29, 1.82) is 0 Å². The molecule has 0 radical (unpaired) electrons. The quantitative estimate of drug-likeness (QED) is 0.397. The second-order valence-corrected chi connectivity index (χ2v) is 7.05. The van der Waals surface area contributed by atoms with Gasteiger partial charge in [-0.05, 0) is 49.7 Å². The molecule has 10 nitrogen and oxygen atoms in total. The minimum atomic E-state index is -0.477. The Morgan fingerprint density at radius 2 is 1.74 bits per heavy atom. The van der Waals surface area contributed by atoms with Crippen LogP contribution in [0.1, 0.15) is 29.9 Å². The highest BCUT2D eigenvalue weighted by Gasteiger charge is 2.11. The van der Waals surface area contributed by atoms with Gasteiger partial charge in [0.15, 0.2) is 5.69 Å². The van der Waals surface area contributed by atoms with E-state index in [0.717, 1.165) is 5.56 Å². The number of non-ortho nitro benzene ring substituents is 1. The predicted molar refractivity (Wildman–Crippen MR) is 115 cm³/mol. The third-order valence-electron chi connectivity index (χ3n) is 4.23. The molecule has 3 amide bonds. The summed E-state index contributed by atoms with van der Waals surface area (Å²) >= 11 is 0. The average molecular weight is 422 g/mol. The van der Waals surface area contributed by atoms with E-state index in [9.17, 15) is 19.7 Å². The van der Waals surface area contributed by atoms with Crippen LogP contribution in [0.25, 0.3) is 5.69 Å². The average Bonchev–Trinajstić information content (AvgIpc) is 3.23. The number of hydrogen-bond donors (Lipinski definition) is 3. The lowest BCUT2D eigenvalue weighted by atomic mass is 10.2. The highest BCUT2D eigenvalue weighted by atomic mass is 16.6. The molecule has 3 aromatic rings. The van der Waals surface area contributed by atoms with Crippen LogP contribution >= 0.6 is 0 Å². The van der Waals surface area contributed by atoms with E-state index in [2.05, 4.69) is 21.0 Å². The van der Waals surface area contributed by atoms with E-state index in [1.165, 1.54) is 16.8 Å². The van der Waals surface area contributed by atoms with Crippen LogP contribution in [0.15, 0.2) is 60.8 Å². The molecule has 0 saturated heterocycles. The minimum absolute atomic E-state index is 0.0179. The molecule has 0 aliphatic carbocycles. The summed E-state index contributed by atoms with van der Waals surface area (Å²) in [5, 5.41) is 23.2. The van der Waals surface area contributed by atoms with Crippen molar-refractivity contribution < 1.29 is 14.5 Å². The normalized spacial score (nSPS) is 10.5. The largest absolute Gasteiger partial charge is 0.347 e. The summed E-state index contributed by atoms with van der Waals surface area (Å²) in [5.41, 5.74) is 2.32. The fourth-order valence-electron chi connectivity index (χ4n) is 2.72. The standard InChI is InChI=1S/C21H22N6O4/c1-14(2)23-21(29)24-16-5-3-15(4-6-16)13-22-20(28)19-11-12-26(25-19)17-7-9-18(10-8-17)27(30)31/h3-12,14H,13H2,1-2H3,(H,22,28)(H2,23,24,29). The Bertz CT molecular complexity index is 1070. The van der Waals surface area contributed by atoms with Gasteiger partial charge in [-0.15, -0.1) is 0 Å². The number of nitro groups is 1. The first-order valence-corrected chi connectivity index (χ1v) is 9.57. The Morgan fingerprint density at radius 1 is 1.06 bits per heavy atom. The first-order chi connectivity index (χ1) is 14.8. The van der Waals surface area contributed by atoms with Gasteiger partial charge in [0.2, 0.25) is 0 Å². The topological polar surface area (TPSA) is 131 Å². The second kappa shape index (κ2) is 9.53. The highest BCUT2D eigenvalue weighted by Crippen LogP contribution is 2.15. The smallest absolute Gasteiger partial charge is 0.319 e. The Labute approximate surface area is 178 Å². The van der Waals surface area contributed by atoms with Crippen molar-refractivity contribution in [2.45, 2.75) is 26.4 Å². The number of benzene rings is 2. The van der Waals surface area contributed by atoms with Crippen LogP contribution in [0.4, 0.5) is 16.2 Å². The van der Waals surface area contributed by atoms with E-state index in [0.29, 0.717) is 17.9 Å². The summed E-state index contributed by atoms with van der Waals surface area (Å²) < 4.78 is 1.47. The zero-order valence-electron chi connectivity index (χ0n) is 17.0. The van der Waals surface area contributed by atoms with Gasteiger partial charge in [-0.1, -0.05) is 12.1 Å². The monoisotopic (exact) mass is 422 g/mol. The van der Waals surface area contributed by atoms with Crippen molar-refractivity contribution >= 4 is 23.3 Å². The molecule has 0 bridgehead atoms. The second-order valence-electron chi connectivity index (χ2n) is 7.05. The van der Waals surface area contributed by atoms with Crippen molar-refractivity contribution in [3.63, 3.8) is 0 Å². The molecule has 0 atom stereocenters. The van der Waals surface area contributed by atoms with Gasteiger partial charge in [-0.3, -0.25) is 14.9 Å². The number of hydrogen-bond acceptors (Lipinski definition) is 5. The lowest BCUT2D eigenvalue weighted by Crippen LogP contribution is -2.34. The summed E-state index contributed by atoms with van der Waals surface area (Å²) in [5.74, 6) is -0.348. The molecule has 0 saturated carbocycles. The Kier molecular flexibility index (Phi) is 6.61. The Hall–Kier alpha value is -4.21. The van der Waals surface area contributed by atoms with E-state index >= 15 is 0 Å². The third kappa shape index (κ3) is 5.89. The zero-order valence-corrected chi connectivity index (χ0v) is 17.0. The van der Waals surface area contributed by atoms with Crippen molar-refractivity contribution in [3.8, 4) is 5.69 Å². The molecule has 0 aliphatic rings. The number of carbonyl (C=O) groups excluding carboxylic acids is 2. The molecule has 0 aliphatic heterocycles.